The summed E-state index contributed by atoms with van der Waals surface area (Å²) in [4.78, 5) is 21.7. The zero-order valence-corrected chi connectivity index (χ0v) is 16.3. The van der Waals surface area contributed by atoms with E-state index in [9.17, 15) is 18.0 Å². The SMILES string of the molecule is CCN1CC(n2cc(Nc3ncc(C(F)(F)F)c(C4CC4)n3)c(C)n2)CCC1=O. The van der Waals surface area contributed by atoms with Crippen LogP contribution in [0.5, 0.6) is 0 Å². The van der Waals surface area contributed by atoms with Crippen molar-refractivity contribution in [1.82, 2.24) is 24.6 Å². The summed E-state index contributed by atoms with van der Waals surface area (Å²) in [7, 11) is 0. The Morgan fingerprint density at radius 1 is 1.28 bits per heavy atom. The summed E-state index contributed by atoms with van der Waals surface area (Å²) in [6, 6.07) is 0.0671. The zero-order chi connectivity index (χ0) is 20.8. The Bertz CT molecular complexity index is 921. The van der Waals surface area contributed by atoms with Crippen LogP contribution >= 0.6 is 0 Å². The van der Waals surface area contributed by atoms with Crippen LogP contribution in [-0.4, -0.2) is 43.6 Å². The number of aryl methyl sites for hydroxylation is 1. The molecule has 156 valence electrons. The predicted molar refractivity (Wildman–Crippen MR) is 99.8 cm³/mol. The molecule has 2 aliphatic rings. The lowest BCUT2D eigenvalue weighted by Crippen LogP contribution is -2.40. The first-order chi connectivity index (χ1) is 13.8. The van der Waals surface area contributed by atoms with Crippen LogP contribution in [0.1, 0.15) is 61.5 Å². The summed E-state index contributed by atoms with van der Waals surface area (Å²) < 4.78 is 41.5. The lowest BCUT2D eigenvalue weighted by atomic mass is 10.1. The first kappa shape index (κ1) is 19.7. The van der Waals surface area contributed by atoms with Crippen molar-refractivity contribution < 1.29 is 18.0 Å². The van der Waals surface area contributed by atoms with Crippen molar-refractivity contribution >= 4 is 17.5 Å². The zero-order valence-electron chi connectivity index (χ0n) is 16.3. The number of amides is 1. The molecule has 1 aliphatic carbocycles. The van der Waals surface area contributed by atoms with Gasteiger partial charge >= 0.3 is 6.18 Å². The van der Waals surface area contributed by atoms with Crippen molar-refractivity contribution in [3.8, 4) is 0 Å². The third kappa shape index (κ3) is 4.06. The van der Waals surface area contributed by atoms with E-state index in [-0.39, 0.29) is 29.5 Å². The topological polar surface area (TPSA) is 75.9 Å². The normalized spacial score (nSPS) is 20.2. The molecule has 1 saturated carbocycles. The first-order valence-corrected chi connectivity index (χ1v) is 9.81. The van der Waals surface area contributed by atoms with Crippen LogP contribution in [0.15, 0.2) is 12.4 Å². The van der Waals surface area contributed by atoms with E-state index in [1.165, 1.54) is 0 Å². The Morgan fingerprint density at radius 2 is 2.03 bits per heavy atom. The minimum Gasteiger partial charge on any atom is -0.341 e. The molecular weight excluding hydrogens is 385 g/mol. The third-order valence-electron chi connectivity index (χ3n) is 5.48. The average Bonchev–Trinajstić information content (AvgIpc) is 3.46. The van der Waals surface area contributed by atoms with E-state index in [1.54, 1.807) is 4.90 Å². The Kier molecular flexibility index (Phi) is 4.95. The Labute approximate surface area is 166 Å². The van der Waals surface area contributed by atoms with Crippen LogP contribution in [0.25, 0.3) is 0 Å². The predicted octanol–water partition coefficient (Wildman–Crippen LogP) is 3.80. The summed E-state index contributed by atoms with van der Waals surface area (Å²) in [6.07, 6.45) is 0.817. The molecule has 0 bridgehead atoms. The number of aromatic nitrogens is 4. The second-order valence-corrected chi connectivity index (χ2v) is 7.62. The number of nitrogens with zero attached hydrogens (tertiary/aromatic N) is 5. The molecule has 2 aromatic rings. The Balaban J connectivity index is 1.55. The van der Waals surface area contributed by atoms with E-state index in [4.69, 9.17) is 0 Å². The van der Waals surface area contributed by atoms with Gasteiger partial charge in [0.15, 0.2) is 0 Å². The van der Waals surface area contributed by atoms with Crippen LogP contribution in [0, 0.1) is 6.92 Å². The van der Waals surface area contributed by atoms with Crippen molar-refractivity contribution in [2.24, 2.45) is 0 Å². The molecule has 0 spiro atoms. The molecule has 3 heterocycles. The minimum atomic E-state index is -4.46. The number of hydrogen-bond donors (Lipinski definition) is 1. The largest absolute Gasteiger partial charge is 0.419 e. The molecule has 2 fully saturated rings. The van der Waals surface area contributed by atoms with Gasteiger partial charge in [0.1, 0.15) is 0 Å². The van der Waals surface area contributed by atoms with E-state index in [0.29, 0.717) is 50.2 Å². The fourth-order valence-corrected chi connectivity index (χ4v) is 3.67. The Morgan fingerprint density at radius 3 is 2.69 bits per heavy atom. The quantitative estimate of drug-likeness (QED) is 0.814. The highest BCUT2D eigenvalue weighted by molar-refractivity contribution is 5.77. The lowest BCUT2D eigenvalue weighted by molar-refractivity contribution is -0.138. The molecule has 1 N–H and O–H groups in total. The maximum atomic E-state index is 13.2. The van der Waals surface area contributed by atoms with Gasteiger partial charge in [-0.2, -0.15) is 18.3 Å². The fourth-order valence-electron chi connectivity index (χ4n) is 3.67. The van der Waals surface area contributed by atoms with Gasteiger partial charge in [-0.3, -0.25) is 9.48 Å². The van der Waals surface area contributed by atoms with Crippen molar-refractivity contribution in [3.05, 3.63) is 29.3 Å². The molecule has 2 aromatic heterocycles. The highest BCUT2D eigenvalue weighted by Gasteiger charge is 2.40. The standard InChI is InChI=1S/C19H23F3N6O/c1-3-27-9-13(6-7-16(27)29)28-10-15(11(2)26-28)24-18-23-8-14(19(20,21)22)17(25-18)12-4-5-12/h8,10,12-13H,3-7,9H2,1-2H3,(H,23,24,25). The van der Waals surface area contributed by atoms with E-state index < -0.39 is 11.7 Å². The number of nitrogens with one attached hydrogen (secondary N) is 1. The summed E-state index contributed by atoms with van der Waals surface area (Å²) >= 11 is 0. The highest BCUT2D eigenvalue weighted by atomic mass is 19.4. The maximum Gasteiger partial charge on any atom is 0.419 e. The second kappa shape index (κ2) is 7.31. The molecule has 29 heavy (non-hydrogen) atoms. The van der Waals surface area contributed by atoms with Gasteiger partial charge < -0.3 is 10.2 Å². The third-order valence-corrected chi connectivity index (χ3v) is 5.48. The number of hydrogen-bond acceptors (Lipinski definition) is 5. The molecule has 1 atom stereocenters. The minimum absolute atomic E-state index is 0.0597. The number of halogens is 3. The summed E-state index contributed by atoms with van der Waals surface area (Å²) in [6.45, 7) is 5.01. The van der Waals surface area contributed by atoms with Gasteiger partial charge in [-0.25, -0.2) is 9.97 Å². The summed E-state index contributed by atoms with van der Waals surface area (Å²) in [5, 5.41) is 7.55. The van der Waals surface area contributed by atoms with Crippen molar-refractivity contribution in [2.45, 2.75) is 57.7 Å². The second-order valence-electron chi connectivity index (χ2n) is 7.62. The number of alkyl halides is 3. The van der Waals surface area contributed by atoms with E-state index in [1.807, 2.05) is 24.7 Å². The summed E-state index contributed by atoms with van der Waals surface area (Å²) in [5.41, 5.74) is 0.641. The van der Waals surface area contributed by atoms with E-state index >= 15 is 0 Å². The molecule has 0 radical (unpaired) electrons. The van der Waals surface area contributed by atoms with Gasteiger partial charge in [-0.1, -0.05) is 0 Å². The molecule has 1 amide bonds. The van der Waals surface area contributed by atoms with E-state index in [2.05, 4.69) is 20.4 Å². The lowest BCUT2D eigenvalue weighted by Gasteiger charge is -2.31. The fraction of sp³-hybridized carbons (Fsp3) is 0.579. The van der Waals surface area contributed by atoms with Gasteiger partial charge in [0.25, 0.3) is 0 Å². The van der Waals surface area contributed by atoms with Gasteiger partial charge in [-0.15, -0.1) is 0 Å². The Hall–Kier alpha value is -2.65. The van der Waals surface area contributed by atoms with Gasteiger partial charge in [-0.05, 0) is 33.1 Å². The number of carbonyl (C=O) groups excluding carboxylic acids is 1. The molecule has 0 aromatic carbocycles. The van der Waals surface area contributed by atoms with Crippen molar-refractivity contribution in [2.75, 3.05) is 18.4 Å². The molecular formula is C19H23F3N6O. The number of carbonyl (C=O) groups is 1. The van der Waals surface area contributed by atoms with Crippen LogP contribution in [-0.2, 0) is 11.0 Å². The smallest absolute Gasteiger partial charge is 0.341 e. The number of rotatable bonds is 5. The van der Waals surface area contributed by atoms with Crippen LogP contribution in [0.4, 0.5) is 24.8 Å². The number of likely N-dealkylation sites (tertiary alicyclic amines) is 1. The number of piperidine rings is 1. The molecule has 10 heteroatoms. The number of anilines is 2. The van der Waals surface area contributed by atoms with Crippen LogP contribution < -0.4 is 5.32 Å². The van der Waals surface area contributed by atoms with Gasteiger partial charge in [0.2, 0.25) is 11.9 Å². The first-order valence-electron chi connectivity index (χ1n) is 9.81. The van der Waals surface area contributed by atoms with E-state index in [0.717, 1.165) is 6.20 Å². The maximum absolute atomic E-state index is 13.2. The highest BCUT2D eigenvalue weighted by Crippen LogP contribution is 2.45. The van der Waals surface area contributed by atoms with Crippen molar-refractivity contribution in [1.29, 1.82) is 0 Å². The van der Waals surface area contributed by atoms with Gasteiger partial charge in [0.05, 0.1) is 28.7 Å². The molecule has 1 unspecified atom stereocenters. The molecule has 4 rings (SSSR count). The molecule has 1 aliphatic heterocycles. The monoisotopic (exact) mass is 408 g/mol. The van der Waals surface area contributed by atoms with Crippen molar-refractivity contribution in [3.63, 3.8) is 0 Å². The van der Waals surface area contributed by atoms with Crippen LogP contribution in [0.2, 0.25) is 0 Å². The number of likely N-dealkylation sites (N-methyl/N-ethyl adjacent to an activating group) is 1. The molecule has 1 saturated heterocycles. The summed E-state index contributed by atoms with van der Waals surface area (Å²) in [5.74, 6) is 0.132. The van der Waals surface area contributed by atoms with Gasteiger partial charge in [0, 0.05) is 37.8 Å². The van der Waals surface area contributed by atoms with Crippen LogP contribution in [0.3, 0.4) is 0 Å². The molecule has 7 nitrogen and oxygen atoms in total. The average molecular weight is 408 g/mol.